The van der Waals surface area contributed by atoms with Crippen molar-refractivity contribution in [2.24, 2.45) is 0 Å². The molecule has 1 aliphatic rings. The molecule has 1 aliphatic heterocycles. The molecule has 1 fully saturated rings. The quantitative estimate of drug-likeness (QED) is 0.651. The van der Waals surface area contributed by atoms with Gasteiger partial charge in [-0.1, -0.05) is 61.5 Å². The summed E-state index contributed by atoms with van der Waals surface area (Å²) in [5.74, 6) is 0. The molecule has 31 heavy (non-hydrogen) atoms. The molecule has 2 amide bonds. The largest absolute Gasteiger partial charge is 0.334 e. The van der Waals surface area contributed by atoms with E-state index < -0.39 is 0 Å². The van der Waals surface area contributed by atoms with Gasteiger partial charge in [0.05, 0.1) is 6.04 Å². The van der Waals surface area contributed by atoms with Gasteiger partial charge in [0.2, 0.25) is 0 Å². The summed E-state index contributed by atoms with van der Waals surface area (Å²) in [4.78, 5) is 19.6. The summed E-state index contributed by atoms with van der Waals surface area (Å²) in [5.41, 5.74) is 3.54. The molecule has 0 aliphatic carbocycles. The zero-order valence-electron chi connectivity index (χ0n) is 19.2. The monoisotopic (exact) mass is 423 g/mol. The minimum absolute atomic E-state index is 0.0493. The van der Waals surface area contributed by atoms with Crippen molar-refractivity contribution in [3.63, 3.8) is 0 Å². The number of benzene rings is 2. The molecule has 1 saturated heterocycles. The van der Waals surface area contributed by atoms with E-state index in [2.05, 4.69) is 68.7 Å². The molecule has 0 radical (unpaired) electrons. The Bertz CT molecular complexity index is 785. The van der Waals surface area contributed by atoms with Crippen molar-refractivity contribution >= 4 is 6.03 Å². The highest BCUT2D eigenvalue weighted by Crippen LogP contribution is 2.13. The second kappa shape index (κ2) is 11.8. The van der Waals surface area contributed by atoms with Crippen LogP contribution < -0.4 is 10.6 Å². The Morgan fingerprint density at radius 3 is 2.16 bits per heavy atom. The normalized spacial score (nSPS) is 16.3. The van der Waals surface area contributed by atoms with Crippen LogP contribution in [0.1, 0.15) is 29.7 Å². The molecule has 0 bridgehead atoms. The van der Waals surface area contributed by atoms with Crippen LogP contribution in [0.25, 0.3) is 0 Å². The van der Waals surface area contributed by atoms with Gasteiger partial charge >= 0.3 is 6.03 Å². The fourth-order valence-corrected chi connectivity index (χ4v) is 3.96. The lowest BCUT2D eigenvalue weighted by atomic mass is 10.1. The number of hydrogen-bond donors (Lipinski definition) is 2. The summed E-state index contributed by atoms with van der Waals surface area (Å²) in [5, 5.41) is 6.11. The molecule has 1 unspecified atom stereocenters. The molecule has 0 saturated carbocycles. The fraction of sp³-hybridized carbons (Fsp3) is 0.480. The van der Waals surface area contributed by atoms with Crippen molar-refractivity contribution in [3.05, 3.63) is 71.3 Å². The van der Waals surface area contributed by atoms with Gasteiger partial charge in [-0.15, -0.1) is 0 Å². The molecule has 6 nitrogen and oxygen atoms in total. The van der Waals surface area contributed by atoms with Gasteiger partial charge in [-0.2, -0.15) is 0 Å². The van der Waals surface area contributed by atoms with Crippen molar-refractivity contribution in [2.45, 2.75) is 26.1 Å². The Morgan fingerprint density at radius 1 is 0.935 bits per heavy atom. The first-order chi connectivity index (χ1) is 15.0. The highest BCUT2D eigenvalue weighted by atomic mass is 16.2. The topological polar surface area (TPSA) is 50.9 Å². The van der Waals surface area contributed by atoms with Gasteiger partial charge in [-0.05, 0) is 37.3 Å². The molecule has 3 rings (SSSR count). The first-order valence-corrected chi connectivity index (χ1v) is 11.3. The second-order valence-corrected chi connectivity index (χ2v) is 8.58. The maximum atomic E-state index is 12.5. The number of piperazine rings is 1. The van der Waals surface area contributed by atoms with E-state index in [4.69, 9.17) is 0 Å². The number of nitrogens with zero attached hydrogens (tertiary/aromatic N) is 3. The molecule has 6 heteroatoms. The molecule has 2 aromatic carbocycles. The van der Waals surface area contributed by atoms with Crippen molar-refractivity contribution in [2.75, 3.05) is 53.4 Å². The van der Waals surface area contributed by atoms with Crippen molar-refractivity contribution in [1.29, 1.82) is 0 Å². The SMILES string of the molecule is CCN1CCN(Cc2ccc(CNC(=O)NC(CN(C)C)c3ccccc3)cc2)CC1. The number of likely N-dealkylation sites (N-methyl/N-ethyl adjacent to an activating group) is 2. The smallest absolute Gasteiger partial charge is 0.315 e. The Kier molecular flexibility index (Phi) is 8.88. The Morgan fingerprint density at radius 2 is 1.55 bits per heavy atom. The van der Waals surface area contributed by atoms with Crippen molar-refractivity contribution in [3.8, 4) is 0 Å². The van der Waals surface area contributed by atoms with Gasteiger partial charge in [-0.3, -0.25) is 4.90 Å². The molecule has 0 aromatic heterocycles. The predicted molar refractivity (Wildman–Crippen MR) is 127 cm³/mol. The predicted octanol–water partition coefficient (Wildman–Crippen LogP) is 2.93. The van der Waals surface area contributed by atoms with Gasteiger partial charge in [0.15, 0.2) is 0 Å². The summed E-state index contributed by atoms with van der Waals surface area (Å²) >= 11 is 0. The lowest BCUT2D eigenvalue weighted by Gasteiger charge is -2.34. The Hall–Kier alpha value is -2.41. The van der Waals surface area contributed by atoms with E-state index in [-0.39, 0.29) is 12.1 Å². The minimum atomic E-state index is -0.145. The van der Waals surface area contributed by atoms with Crippen molar-refractivity contribution < 1.29 is 4.79 Å². The summed E-state index contributed by atoms with van der Waals surface area (Å²) in [6.07, 6.45) is 0. The average Bonchev–Trinajstić information content (AvgIpc) is 2.79. The van der Waals surface area contributed by atoms with Gasteiger partial charge in [0, 0.05) is 45.8 Å². The average molecular weight is 424 g/mol. The van der Waals surface area contributed by atoms with E-state index in [1.807, 2.05) is 32.3 Å². The van der Waals surface area contributed by atoms with E-state index in [9.17, 15) is 4.79 Å². The number of amides is 2. The number of nitrogens with one attached hydrogen (secondary N) is 2. The lowest BCUT2D eigenvalue weighted by molar-refractivity contribution is 0.132. The molecular weight excluding hydrogens is 386 g/mol. The Balaban J connectivity index is 1.46. The lowest BCUT2D eigenvalue weighted by Crippen LogP contribution is -2.45. The van der Waals surface area contributed by atoms with E-state index in [1.165, 1.54) is 5.56 Å². The minimum Gasteiger partial charge on any atom is -0.334 e. The van der Waals surface area contributed by atoms with Crippen LogP contribution in [0.15, 0.2) is 54.6 Å². The first-order valence-electron chi connectivity index (χ1n) is 11.3. The molecular formula is C25H37N5O. The van der Waals surface area contributed by atoms with E-state index in [1.54, 1.807) is 0 Å². The van der Waals surface area contributed by atoms with E-state index >= 15 is 0 Å². The van der Waals surface area contributed by atoms with Crippen LogP contribution in [-0.4, -0.2) is 74.1 Å². The van der Waals surface area contributed by atoms with Gasteiger partial charge in [0.25, 0.3) is 0 Å². The Labute approximate surface area is 187 Å². The molecule has 2 N–H and O–H groups in total. The van der Waals surface area contributed by atoms with Gasteiger partial charge < -0.3 is 20.4 Å². The van der Waals surface area contributed by atoms with Crippen LogP contribution in [-0.2, 0) is 13.1 Å². The summed E-state index contributed by atoms with van der Waals surface area (Å²) in [6, 6.07) is 18.5. The van der Waals surface area contributed by atoms with E-state index in [0.717, 1.165) is 56.9 Å². The van der Waals surface area contributed by atoms with Crippen LogP contribution in [0.4, 0.5) is 4.79 Å². The van der Waals surface area contributed by atoms with E-state index in [0.29, 0.717) is 6.54 Å². The molecule has 168 valence electrons. The first kappa shape index (κ1) is 23.3. The maximum absolute atomic E-state index is 12.5. The van der Waals surface area contributed by atoms with Crippen LogP contribution >= 0.6 is 0 Å². The summed E-state index contributed by atoms with van der Waals surface area (Å²) < 4.78 is 0. The zero-order chi connectivity index (χ0) is 22.1. The highest BCUT2D eigenvalue weighted by molar-refractivity contribution is 5.74. The van der Waals surface area contributed by atoms with Crippen molar-refractivity contribution in [1.82, 2.24) is 25.3 Å². The van der Waals surface area contributed by atoms with Crippen LogP contribution in [0.2, 0.25) is 0 Å². The van der Waals surface area contributed by atoms with Gasteiger partial charge in [0.1, 0.15) is 0 Å². The molecule has 1 atom stereocenters. The highest BCUT2D eigenvalue weighted by Gasteiger charge is 2.16. The number of rotatable bonds is 9. The third-order valence-electron chi connectivity index (χ3n) is 5.85. The third kappa shape index (κ3) is 7.65. The second-order valence-electron chi connectivity index (χ2n) is 8.58. The van der Waals surface area contributed by atoms with Crippen LogP contribution in [0.5, 0.6) is 0 Å². The summed E-state index contributed by atoms with van der Waals surface area (Å²) in [7, 11) is 4.03. The van der Waals surface area contributed by atoms with Crippen LogP contribution in [0.3, 0.4) is 0 Å². The van der Waals surface area contributed by atoms with Crippen LogP contribution in [0, 0.1) is 0 Å². The molecule has 1 heterocycles. The molecule has 0 spiro atoms. The maximum Gasteiger partial charge on any atom is 0.315 e. The molecule has 2 aromatic rings. The zero-order valence-corrected chi connectivity index (χ0v) is 19.2. The summed E-state index contributed by atoms with van der Waals surface area (Å²) in [6.45, 7) is 10.2. The standard InChI is InChI=1S/C25H37N5O/c1-4-29-14-16-30(17-15-29)19-22-12-10-21(11-13-22)18-26-25(31)27-24(20-28(2)3)23-8-6-5-7-9-23/h5-13,24H,4,14-20H2,1-3H3,(H2,26,27,31). The number of urea groups is 1. The fourth-order valence-electron chi connectivity index (χ4n) is 3.96. The number of hydrogen-bond acceptors (Lipinski definition) is 4. The van der Waals surface area contributed by atoms with Gasteiger partial charge in [-0.25, -0.2) is 4.79 Å². The number of carbonyl (C=O) groups excluding carboxylic acids is 1. The third-order valence-corrected chi connectivity index (χ3v) is 5.85. The number of carbonyl (C=O) groups is 1.